The van der Waals surface area contributed by atoms with Gasteiger partial charge in [0, 0.05) is 0 Å². The van der Waals surface area contributed by atoms with Crippen LogP contribution in [0.4, 0.5) is 18.9 Å². The summed E-state index contributed by atoms with van der Waals surface area (Å²) in [5, 5.41) is 14.3. The Balaban J connectivity index is 1.65. The molecule has 0 saturated carbocycles. The predicted molar refractivity (Wildman–Crippen MR) is 103 cm³/mol. The summed E-state index contributed by atoms with van der Waals surface area (Å²) in [4.78, 5) is 12.3. The van der Waals surface area contributed by atoms with E-state index in [-0.39, 0.29) is 17.2 Å². The fourth-order valence-electron chi connectivity index (χ4n) is 2.40. The Hall–Kier alpha value is -3.28. The highest BCUT2D eigenvalue weighted by Gasteiger charge is 2.29. The number of anilines is 1. The molecule has 158 valence electrons. The second kappa shape index (κ2) is 9.48. The van der Waals surface area contributed by atoms with Gasteiger partial charge in [0.2, 0.25) is 11.1 Å². The molecular weight excluding hydrogens is 423 g/mol. The Morgan fingerprint density at radius 3 is 2.57 bits per heavy atom. The molecule has 2 aromatic carbocycles. The highest BCUT2D eigenvalue weighted by Crippen LogP contribution is 2.28. The molecule has 0 aliphatic heterocycles. The lowest BCUT2D eigenvalue weighted by atomic mass is 10.3. The number of benzene rings is 2. The summed E-state index contributed by atoms with van der Waals surface area (Å²) in [7, 11) is 1.52. The normalized spacial score (nSPS) is 11.2. The summed E-state index contributed by atoms with van der Waals surface area (Å²) >= 11 is 1.06. The largest absolute Gasteiger partial charge is 0.494 e. The number of ether oxygens (including phenoxy) is 2. The average Bonchev–Trinajstić information content (AvgIpc) is 3.19. The molecule has 0 spiro atoms. The Bertz CT molecular complexity index is 1010. The Labute approximate surface area is 173 Å². The van der Waals surface area contributed by atoms with E-state index in [4.69, 9.17) is 9.47 Å². The van der Waals surface area contributed by atoms with E-state index in [1.54, 1.807) is 30.3 Å². The summed E-state index contributed by atoms with van der Waals surface area (Å²) in [6.45, 7) is -1.46. The minimum atomic E-state index is -4.48. The van der Waals surface area contributed by atoms with E-state index < -0.39 is 18.7 Å². The number of thioether (sulfide) groups is 1. The molecule has 3 aromatic rings. The molecule has 0 fully saturated rings. The summed E-state index contributed by atoms with van der Waals surface area (Å²) in [5.41, 5.74) is 0.732. The first kappa shape index (κ1) is 21.4. The lowest BCUT2D eigenvalue weighted by molar-refractivity contribution is -0.153. The molecule has 30 heavy (non-hydrogen) atoms. The third-order valence-corrected chi connectivity index (χ3v) is 4.56. The van der Waals surface area contributed by atoms with Crippen molar-refractivity contribution in [3.05, 3.63) is 48.5 Å². The molecule has 1 aromatic heterocycles. The van der Waals surface area contributed by atoms with E-state index in [9.17, 15) is 18.0 Å². The number of aromatic nitrogens is 4. The number of carbonyl (C=O) groups is 1. The van der Waals surface area contributed by atoms with Gasteiger partial charge < -0.3 is 14.8 Å². The van der Waals surface area contributed by atoms with Gasteiger partial charge in [0.05, 0.1) is 18.6 Å². The van der Waals surface area contributed by atoms with E-state index in [0.717, 1.165) is 11.8 Å². The van der Waals surface area contributed by atoms with Gasteiger partial charge in [0.15, 0.2) is 6.61 Å². The topological polar surface area (TPSA) is 91.2 Å². The third kappa shape index (κ3) is 5.63. The molecule has 0 radical (unpaired) electrons. The van der Waals surface area contributed by atoms with Gasteiger partial charge >= 0.3 is 6.18 Å². The molecular formula is C18H16F3N5O3S. The number of carbonyl (C=O) groups excluding carboxylic acids is 1. The van der Waals surface area contributed by atoms with E-state index in [0.29, 0.717) is 16.6 Å². The molecule has 0 bridgehead atoms. The van der Waals surface area contributed by atoms with E-state index in [1.165, 1.54) is 30.0 Å². The maximum absolute atomic E-state index is 12.4. The Morgan fingerprint density at radius 1 is 1.13 bits per heavy atom. The summed E-state index contributed by atoms with van der Waals surface area (Å²) in [6.07, 6.45) is -4.48. The predicted octanol–water partition coefficient (Wildman–Crippen LogP) is 3.34. The zero-order valence-corrected chi connectivity index (χ0v) is 16.4. The molecule has 0 saturated heterocycles. The second-order valence-corrected chi connectivity index (χ2v) is 6.72. The fourth-order valence-corrected chi connectivity index (χ4v) is 3.08. The molecule has 0 unspecified atom stereocenters. The first-order chi connectivity index (χ1) is 14.4. The van der Waals surface area contributed by atoms with Gasteiger partial charge in [0.25, 0.3) is 0 Å². The quantitative estimate of drug-likeness (QED) is 0.538. The number of halogens is 3. The Morgan fingerprint density at radius 2 is 1.83 bits per heavy atom. The van der Waals surface area contributed by atoms with Crippen LogP contribution < -0.4 is 14.8 Å². The minimum Gasteiger partial charge on any atom is -0.494 e. The van der Waals surface area contributed by atoms with Crippen molar-refractivity contribution in [1.29, 1.82) is 0 Å². The number of nitrogens with one attached hydrogen (secondary N) is 1. The molecule has 1 amide bonds. The van der Waals surface area contributed by atoms with Crippen LogP contribution in [0.15, 0.2) is 53.7 Å². The Kier molecular flexibility index (Phi) is 6.77. The standard InChI is InChI=1S/C18H16F3N5O3S/c1-28-15-9-5-3-7-13(15)26-17(23-24-25-26)30-10-16(27)22-12-6-2-4-8-14(12)29-11-18(19,20)21/h2-9H,10-11H2,1H3,(H,22,27). The van der Waals surface area contributed by atoms with Crippen LogP contribution in [0, 0.1) is 0 Å². The highest BCUT2D eigenvalue weighted by molar-refractivity contribution is 7.99. The molecule has 0 aliphatic carbocycles. The van der Waals surface area contributed by atoms with Crippen LogP contribution in [-0.2, 0) is 4.79 Å². The van der Waals surface area contributed by atoms with Gasteiger partial charge in [-0.15, -0.1) is 5.10 Å². The number of para-hydroxylation sites is 4. The van der Waals surface area contributed by atoms with Crippen molar-refractivity contribution in [2.24, 2.45) is 0 Å². The lowest BCUT2D eigenvalue weighted by Crippen LogP contribution is -2.20. The number of alkyl halides is 3. The number of rotatable bonds is 8. The minimum absolute atomic E-state index is 0.0768. The average molecular weight is 439 g/mol. The molecule has 0 atom stereocenters. The van der Waals surface area contributed by atoms with Gasteiger partial charge in [-0.25, -0.2) is 0 Å². The van der Waals surface area contributed by atoms with Gasteiger partial charge in [-0.2, -0.15) is 17.9 Å². The van der Waals surface area contributed by atoms with Gasteiger partial charge in [-0.05, 0) is 34.7 Å². The zero-order chi connectivity index (χ0) is 21.6. The number of tetrazole rings is 1. The van der Waals surface area contributed by atoms with Gasteiger partial charge in [0.1, 0.15) is 17.2 Å². The van der Waals surface area contributed by atoms with Gasteiger partial charge in [-0.1, -0.05) is 36.0 Å². The second-order valence-electron chi connectivity index (χ2n) is 5.78. The number of hydrogen-bond acceptors (Lipinski definition) is 7. The number of hydrogen-bond donors (Lipinski definition) is 1. The zero-order valence-electron chi connectivity index (χ0n) is 15.6. The molecule has 1 N–H and O–H groups in total. The summed E-state index contributed by atoms with van der Waals surface area (Å²) in [5.74, 6) is -0.0696. The summed E-state index contributed by atoms with van der Waals surface area (Å²) in [6, 6.07) is 13.0. The third-order valence-electron chi connectivity index (χ3n) is 3.64. The van der Waals surface area contributed by atoms with Crippen LogP contribution in [0.3, 0.4) is 0 Å². The van der Waals surface area contributed by atoms with Crippen LogP contribution in [-0.4, -0.2) is 51.8 Å². The van der Waals surface area contributed by atoms with Crippen molar-refractivity contribution in [3.8, 4) is 17.2 Å². The van der Waals surface area contributed by atoms with Crippen molar-refractivity contribution >= 4 is 23.4 Å². The van der Waals surface area contributed by atoms with Crippen LogP contribution in [0.1, 0.15) is 0 Å². The molecule has 12 heteroatoms. The number of methoxy groups -OCH3 is 1. The fraction of sp³-hybridized carbons (Fsp3) is 0.222. The molecule has 1 heterocycles. The van der Waals surface area contributed by atoms with Crippen molar-refractivity contribution in [2.75, 3.05) is 24.8 Å². The maximum Gasteiger partial charge on any atom is 0.422 e. The molecule has 3 rings (SSSR count). The number of nitrogens with zero attached hydrogens (tertiary/aromatic N) is 4. The molecule has 8 nitrogen and oxygen atoms in total. The smallest absolute Gasteiger partial charge is 0.422 e. The van der Waals surface area contributed by atoms with Crippen molar-refractivity contribution in [2.45, 2.75) is 11.3 Å². The van der Waals surface area contributed by atoms with Crippen LogP contribution in [0.25, 0.3) is 5.69 Å². The highest BCUT2D eigenvalue weighted by atomic mass is 32.2. The molecule has 0 aliphatic rings. The van der Waals surface area contributed by atoms with Gasteiger partial charge in [-0.3, -0.25) is 4.79 Å². The van der Waals surface area contributed by atoms with E-state index in [1.807, 2.05) is 0 Å². The van der Waals surface area contributed by atoms with Crippen LogP contribution in [0.5, 0.6) is 11.5 Å². The van der Waals surface area contributed by atoms with Crippen molar-refractivity contribution in [3.63, 3.8) is 0 Å². The maximum atomic E-state index is 12.4. The lowest BCUT2D eigenvalue weighted by Gasteiger charge is -2.13. The van der Waals surface area contributed by atoms with Crippen LogP contribution in [0.2, 0.25) is 0 Å². The van der Waals surface area contributed by atoms with Crippen molar-refractivity contribution < 1.29 is 27.4 Å². The van der Waals surface area contributed by atoms with E-state index >= 15 is 0 Å². The van der Waals surface area contributed by atoms with Crippen LogP contribution >= 0.6 is 11.8 Å². The van der Waals surface area contributed by atoms with E-state index in [2.05, 4.69) is 20.8 Å². The van der Waals surface area contributed by atoms with Crippen molar-refractivity contribution in [1.82, 2.24) is 20.2 Å². The SMILES string of the molecule is COc1ccccc1-n1nnnc1SCC(=O)Nc1ccccc1OCC(F)(F)F. The number of amides is 1. The first-order valence-electron chi connectivity index (χ1n) is 8.50. The first-order valence-corrected chi connectivity index (χ1v) is 9.49. The summed E-state index contributed by atoms with van der Waals surface area (Å²) < 4.78 is 48.7. The monoisotopic (exact) mass is 439 g/mol.